The molecule has 0 spiro atoms. The van der Waals surface area contributed by atoms with E-state index in [0.29, 0.717) is 0 Å². The molecular weight excluding hydrogens is 180 g/mol. The predicted octanol–water partition coefficient (Wildman–Crippen LogP) is 4.32. The summed E-state index contributed by atoms with van der Waals surface area (Å²) in [6, 6.07) is 20.3. The molecule has 0 aromatic heterocycles. The van der Waals surface area contributed by atoms with Gasteiger partial charge in [0.2, 0.25) is 0 Å². The molecule has 0 amide bonds. The molecule has 0 aliphatic heterocycles. The highest BCUT2D eigenvalue weighted by atomic mass is 13.9. The Morgan fingerprint density at radius 1 is 0.867 bits per heavy atom. The van der Waals surface area contributed by atoms with E-state index in [1.54, 1.807) is 0 Å². The van der Waals surface area contributed by atoms with Gasteiger partial charge in [-0.3, -0.25) is 0 Å². The zero-order valence-corrected chi connectivity index (χ0v) is 9.06. The fraction of sp³-hybridized carbons (Fsp3) is 0.0667. The number of benzene rings is 2. The number of hydrogen-bond acceptors (Lipinski definition) is 0. The maximum absolute atomic E-state index is 3.67. The molecule has 76 valence electrons. The maximum Gasteiger partial charge on any atom is -0.0260 e. The highest BCUT2D eigenvalue weighted by Crippen LogP contribution is 2.03. The molecule has 0 N–H and O–H groups in total. The second-order valence-electron chi connectivity index (χ2n) is 3.27. The summed E-state index contributed by atoms with van der Waals surface area (Å²) in [5.74, 6) is 0. The minimum absolute atomic E-state index is 1.19. The van der Waals surface area contributed by atoms with Crippen molar-refractivity contribution < 1.29 is 0 Å². The normalized spacial score (nSPS) is 8.60. The van der Waals surface area contributed by atoms with Crippen molar-refractivity contribution >= 4 is 6.08 Å². The lowest BCUT2D eigenvalue weighted by atomic mass is 10.1. The highest BCUT2D eigenvalue weighted by molar-refractivity contribution is 5.47. The molecule has 0 bridgehead atoms. The van der Waals surface area contributed by atoms with Crippen molar-refractivity contribution in [1.29, 1.82) is 0 Å². The highest BCUT2D eigenvalue weighted by Gasteiger charge is 1.83. The van der Waals surface area contributed by atoms with Crippen molar-refractivity contribution in [2.45, 2.75) is 6.92 Å². The first kappa shape index (κ1) is 11.3. The smallest absolute Gasteiger partial charge is 0.0260 e. The van der Waals surface area contributed by atoms with Gasteiger partial charge in [0.05, 0.1) is 0 Å². The molecule has 0 aliphatic carbocycles. The van der Waals surface area contributed by atoms with Crippen LogP contribution in [0.3, 0.4) is 0 Å². The van der Waals surface area contributed by atoms with Crippen LogP contribution in [0.1, 0.15) is 11.1 Å². The van der Waals surface area contributed by atoms with Crippen LogP contribution in [0.5, 0.6) is 0 Å². The molecular formula is C15H16. The van der Waals surface area contributed by atoms with Gasteiger partial charge in [-0.25, -0.2) is 0 Å². The topological polar surface area (TPSA) is 0 Å². The fourth-order valence-corrected chi connectivity index (χ4v) is 1.18. The van der Waals surface area contributed by atoms with Crippen LogP contribution in [0, 0.1) is 6.92 Å². The third-order valence-electron chi connectivity index (χ3n) is 1.94. The summed E-state index contributed by atoms with van der Waals surface area (Å²) in [5, 5.41) is 0. The zero-order valence-electron chi connectivity index (χ0n) is 9.06. The second kappa shape index (κ2) is 6.61. The second-order valence-corrected chi connectivity index (χ2v) is 3.27. The molecule has 0 radical (unpaired) electrons. The van der Waals surface area contributed by atoms with Gasteiger partial charge >= 0.3 is 0 Å². The van der Waals surface area contributed by atoms with Crippen molar-refractivity contribution in [2.75, 3.05) is 0 Å². The van der Waals surface area contributed by atoms with Gasteiger partial charge in [0, 0.05) is 0 Å². The van der Waals surface area contributed by atoms with Crippen LogP contribution >= 0.6 is 0 Å². The van der Waals surface area contributed by atoms with Gasteiger partial charge in [0.25, 0.3) is 0 Å². The molecule has 0 atom stereocenters. The Kier molecular flexibility index (Phi) is 4.96. The first-order chi connectivity index (χ1) is 7.33. The molecule has 0 fully saturated rings. The molecule has 2 aromatic carbocycles. The van der Waals surface area contributed by atoms with Crippen molar-refractivity contribution in [3.05, 3.63) is 78.4 Å². The Hall–Kier alpha value is -1.82. The van der Waals surface area contributed by atoms with E-state index in [1.165, 1.54) is 11.1 Å². The molecule has 0 heteroatoms. The number of hydrogen-bond donors (Lipinski definition) is 0. The summed E-state index contributed by atoms with van der Waals surface area (Å²) < 4.78 is 0. The summed E-state index contributed by atoms with van der Waals surface area (Å²) in [6.45, 7) is 5.75. The first-order valence-electron chi connectivity index (χ1n) is 5.02. The van der Waals surface area contributed by atoms with Gasteiger partial charge in [-0.05, 0) is 12.5 Å². The molecule has 15 heavy (non-hydrogen) atoms. The Labute approximate surface area is 91.9 Å². The Balaban J connectivity index is 0.000000162. The van der Waals surface area contributed by atoms with Crippen LogP contribution in [-0.4, -0.2) is 0 Å². The van der Waals surface area contributed by atoms with Gasteiger partial charge in [-0.1, -0.05) is 78.9 Å². The molecule has 0 aliphatic rings. The van der Waals surface area contributed by atoms with E-state index in [0.717, 1.165) is 0 Å². The largest absolute Gasteiger partial charge is 0.0985 e. The summed E-state index contributed by atoms with van der Waals surface area (Å²) in [4.78, 5) is 0. The zero-order chi connectivity index (χ0) is 10.9. The van der Waals surface area contributed by atoms with E-state index < -0.39 is 0 Å². The maximum atomic E-state index is 3.67. The molecule has 2 aromatic rings. The van der Waals surface area contributed by atoms with Crippen LogP contribution in [0.2, 0.25) is 0 Å². The van der Waals surface area contributed by atoms with Gasteiger partial charge in [-0.15, -0.1) is 0 Å². The van der Waals surface area contributed by atoms with E-state index in [1.807, 2.05) is 54.6 Å². The van der Waals surface area contributed by atoms with Crippen molar-refractivity contribution in [2.24, 2.45) is 0 Å². The molecule has 0 unspecified atom stereocenters. The van der Waals surface area contributed by atoms with E-state index in [9.17, 15) is 0 Å². The molecule has 0 saturated carbocycles. The SMILES string of the molecule is C=Cc1cccc(C)c1.c1ccccc1. The average Bonchev–Trinajstić information content (AvgIpc) is 2.32. The monoisotopic (exact) mass is 196 g/mol. The van der Waals surface area contributed by atoms with Gasteiger partial charge in [-0.2, -0.15) is 0 Å². The predicted molar refractivity (Wildman–Crippen MR) is 67.7 cm³/mol. The Morgan fingerprint density at radius 2 is 1.40 bits per heavy atom. The van der Waals surface area contributed by atoms with Crippen molar-refractivity contribution in [3.63, 3.8) is 0 Å². The summed E-state index contributed by atoms with van der Waals surface area (Å²) >= 11 is 0. The van der Waals surface area contributed by atoms with E-state index >= 15 is 0 Å². The summed E-state index contributed by atoms with van der Waals surface area (Å²) in [5.41, 5.74) is 2.47. The van der Waals surface area contributed by atoms with E-state index in [-0.39, 0.29) is 0 Å². The lowest BCUT2D eigenvalue weighted by molar-refractivity contribution is 1.46. The number of rotatable bonds is 1. The van der Waals surface area contributed by atoms with Crippen LogP contribution in [0.4, 0.5) is 0 Å². The van der Waals surface area contributed by atoms with Crippen LogP contribution in [0.25, 0.3) is 6.08 Å². The fourth-order valence-electron chi connectivity index (χ4n) is 1.18. The van der Waals surface area contributed by atoms with Crippen molar-refractivity contribution in [1.82, 2.24) is 0 Å². The summed E-state index contributed by atoms with van der Waals surface area (Å²) in [7, 11) is 0. The lowest BCUT2D eigenvalue weighted by Crippen LogP contribution is -1.72. The minimum atomic E-state index is 1.19. The molecule has 0 nitrogen and oxygen atoms in total. The molecule has 0 saturated heterocycles. The van der Waals surface area contributed by atoms with Gasteiger partial charge in [0.15, 0.2) is 0 Å². The lowest BCUT2D eigenvalue weighted by Gasteiger charge is -1.92. The first-order valence-corrected chi connectivity index (χ1v) is 5.02. The van der Waals surface area contributed by atoms with Crippen LogP contribution in [-0.2, 0) is 0 Å². The Bertz CT molecular complexity index is 361. The van der Waals surface area contributed by atoms with Crippen LogP contribution < -0.4 is 0 Å². The van der Waals surface area contributed by atoms with E-state index in [4.69, 9.17) is 0 Å². The molecule has 0 heterocycles. The molecule has 2 rings (SSSR count). The van der Waals surface area contributed by atoms with Crippen LogP contribution in [0.15, 0.2) is 67.2 Å². The standard InChI is InChI=1S/C9H10.C6H6/c1-3-9-6-4-5-8(2)7-9;1-2-4-6-5-3-1/h3-7H,1H2,2H3;1-6H. The average molecular weight is 196 g/mol. The van der Waals surface area contributed by atoms with E-state index in [2.05, 4.69) is 25.6 Å². The summed E-state index contributed by atoms with van der Waals surface area (Å²) in [6.07, 6.45) is 1.85. The third-order valence-corrected chi connectivity index (χ3v) is 1.94. The third kappa shape index (κ3) is 4.82. The Morgan fingerprint density at radius 3 is 1.73 bits per heavy atom. The minimum Gasteiger partial charge on any atom is -0.0985 e. The van der Waals surface area contributed by atoms with Crippen molar-refractivity contribution in [3.8, 4) is 0 Å². The quantitative estimate of drug-likeness (QED) is 0.637. The van der Waals surface area contributed by atoms with Gasteiger partial charge < -0.3 is 0 Å². The van der Waals surface area contributed by atoms with Gasteiger partial charge in [0.1, 0.15) is 0 Å². The number of aryl methyl sites for hydroxylation is 1.